The molecule has 1 saturated heterocycles. The Kier molecular flexibility index (Phi) is 2.07. The maximum Gasteiger partial charge on any atom is 0.408 e. The van der Waals surface area contributed by atoms with Gasteiger partial charge in [-0.1, -0.05) is 0 Å². The van der Waals surface area contributed by atoms with Gasteiger partial charge in [-0.05, 0) is 25.2 Å². The van der Waals surface area contributed by atoms with Crippen LogP contribution in [-0.4, -0.2) is 34.1 Å². The van der Waals surface area contributed by atoms with Crippen molar-refractivity contribution in [1.29, 1.82) is 0 Å². The van der Waals surface area contributed by atoms with Crippen LogP contribution in [0, 0.1) is 5.92 Å². The van der Waals surface area contributed by atoms with Crippen LogP contribution in [0.15, 0.2) is 0 Å². The third-order valence-corrected chi connectivity index (χ3v) is 3.22. The summed E-state index contributed by atoms with van der Waals surface area (Å²) in [7, 11) is 0. The Bertz CT molecular complexity index is 281. The predicted octanol–water partition coefficient (Wildman–Crippen LogP) is -0.493. The molecule has 2 amide bonds. The number of nitrogens with one attached hydrogen (secondary N) is 1. The first-order valence-corrected chi connectivity index (χ1v) is 4.67. The predicted molar refractivity (Wildman–Crippen MR) is 47.1 cm³/mol. The largest absolute Gasteiger partial charge is 0.465 e. The van der Waals surface area contributed by atoms with E-state index in [1.807, 2.05) is 5.43 Å². The van der Waals surface area contributed by atoms with Crippen molar-refractivity contribution in [2.45, 2.75) is 31.3 Å². The molecule has 1 saturated carbocycles. The van der Waals surface area contributed by atoms with Crippen molar-refractivity contribution < 1.29 is 14.7 Å². The lowest BCUT2D eigenvalue weighted by atomic mass is 9.98. The summed E-state index contributed by atoms with van der Waals surface area (Å²) in [6.07, 6.45) is 1.56. The first-order chi connectivity index (χ1) is 6.65. The van der Waals surface area contributed by atoms with Crippen LogP contribution in [-0.2, 0) is 4.79 Å². The lowest BCUT2D eigenvalue weighted by Gasteiger charge is -2.31. The molecule has 0 spiro atoms. The fraction of sp³-hybridized carbons (Fsp3) is 0.750. The van der Waals surface area contributed by atoms with Crippen LogP contribution in [0.2, 0.25) is 0 Å². The van der Waals surface area contributed by atoms with Gasteiger partial charge < -0.3 is 5.11 Å². The third kappa shape index (κ3) is 1.14. The molecule has 1 aliphatic carbocycles. The quantitative estimate of drug-likeness (QED) is 0.301. The SMILES string of the molecule is NNC(=O)[C@@H]1[C@H]2CC[C@H](C2)N1C(=O)O. The molecule has 4 N–H and O–H groups in total. The van der Waals surface area contributed by atoms with Gasteiger partial charge in [0.1, 0.15) is 6.04 Å². The average Bonchev–Trinajstić information content (AvgIpc) is 2.74. The minimum atomic E-state index is -1.02. The van der Waals surface area contributed by atoms with Crippen LogP contribution in [0.1, 0.15) is 19.3 Å². The maximum absolute atomic E-state index is 11.4. The molecule has 2 rings (SSSR count). The highest BCUT2D eigenvalue weighted by Crippen LogP contribution is 2.42. The number of carbonyl (C=O) groups excluding carboxylic acids is 1. The zero-order valence-corrected chi connectivity index (χ0v) is 7.64. The molecule has 0 aromatic heterocycles. The number of carbonyl (C=O) groups is 2. The van der Waals surface area contributed by atoms with Gasteiger partial charge in [0.05, 0.1) is 0 Å². The van der Waals surface area contributed by atoms with Gasteiger partial charge in [0.25, 0.3) is 5.91 Å². The highest BCUT2D eigenvalue weighted by atomic mass is 16.4. The number of piperidine rings is 1. The Morgan fingerprint density at radius 1 is 1.43 bits per heavy atom. The maximum atomic E-state index is 11.4. The smallest absolute Gasteiger partial charge is 0.408 e. The molecule has 2 aliphatic rings. The van der Waals surface area contributed by atoms with Gasteiger partial charge in [0.15, 0.2) is 0 Å². The molecule has 1 heterocycles. The van der Waals surface area contributed by atoms with E-state index < -0.39 is 12.1 Å². The Labute approximate surface area is 81.0 Å². The summed E-state index contributed by atoms with van der Waals surface area (Å²) in [4.78, 5) is 23.6. The summed E-state index contributed by atoms with van der Waals surface area (Å²) in [5.41, 5.74) is 2.03. The van der Waals surface area contributed by atoms with E-state index in [1.54, 1.807) is 0 Å². The van der Waals surface area contributed by atoms with E-state index in [0.29, 0.717) is 0 Å². The third-order valence-electron chi connectivity index (χ3n) is 3.22. The van der Waals surface area contributed by atoms with E-state index in [1.165, 1.54) is 4.90 Å². The number of rotatable bonds is 1. The molecule has 6 nitrogen and oxygen atoms in total. The second kappa shape index (κ2) is 3.13. The minimum absolute atomic E-state index is 0.0137. The summed E-state index contributed by atoms with van der Waals surface area (Å²) in [5.74, 6) is 4.79. The molecule has 0 aromatic carbocycles. The highest BCUT2D eigenvalue weighted by molar-refractivity contribution is 5.86. The number of nitrogens with two attached hydrogens (primary N) is 1. The summed E-state index contributed by atoms with van der Waals surface area (Å²) in [5, 5.41) is 8.96. The normalized spacial score (nSPS) is 34.6. The lowest BCUT2D eigenvalue weighted by molar-refractivity contribution is -0.127. The van der Waals surface area contributed by atoms with Crippen molar-refractivity contribution in [1.82, 2.24) is 10.3 Å². The fourth-order valence-electron chi connectivity index (χ4n) is 2.69. The molecule has 6 heteroatoms. The molecule has 2 bridgehead atoms. The number of hydrazine groups is 1. The van der Waals surface area contributed by atoms with E-state index in [2.05, 4.69) is 0 Å². The molecule has 1 aliphatic heterocycles. The Morgan fingerprint density at radius 2 is 2.14 bits per heavy atom. The Morgan fingerprint density at radius 3 is 2.71 bits per heavy atom. The van der Waals surface area contributed by atoms with Crippen LogP contribution >= 0.6 is 0 Å². The Hall–Kier alpha value is -1.30. The number of nitrogens with zero attached hydrogens (tertiary/aromatic N) is 1. The molecular weight excluding hydrogens is 186 g/mol. The van der Waals surface area contributed by atoms with Gasteiger partial charge in [-0.3, -0.25) is 15.1 Å². The van der Waals surface area contributed by atoms with Gasteiger partial charge in [-0.15, -0.1) is 0 Å². The molecular formula is C8H13N3O3. The topological polar surface area (TPSA) is 95.7 Å². The first kappa shape index (κ1) is 9.26. The fourth-order valence-corrected chi connectivity index (χ4v) is 2.69. The Balaban J connectivity index is 2.21. The van der Waals surface area contributed by atoms with Crippen LogP contribution in [0.5, 0.6) is 0 Å². The molecule has 3 atom stereocenters. The van der Waals surface area contributed by atoms with Gasteiger partial charge >= 0.3 is 6.09 Å². The summed E-state index contributed by atoms with van der Waals surface area (Å²) in [6.45, 7) is 0. The van der Waals surface area contributed by atoms with Gasteiger partial charge in [-0.25, -0.2) is 10.6 Å². The number of fused-ring (bicyclic) bond motifs is 2. The number of amides is 2. The van der Waals surface area contributed by atoms with E-state index >= 15 is 0 Å². The second-order valence-electron chi connectivity index (χ2n) is 3.87. The monoisotopic (exact) mass is 199 g/mol. The van der Waals surface area contributed by atoms with Crippen molar-refractivity contribution in [3.63, 3.8) is 0 Å². The van der Waals surface area contributed by atoms with Crippen molar-refractivity contribution in [3.05, 3.63) is 0 Å². The van der Waals surface area contributed by atoms with E-state index in [4.69, 9.17) is 10.9 Å². The van der Waals surface area contributed by atoms with E-state index in [0.717, 1.165) is 19.3 Å². The summed E-state index contributed by atoms with van der Waals surface area (Å²) in [6, 6.07) is -0.559. The number of hydrogen-bond acceptors (Lipinski definition) is 3. The lowest BCUT2D eigenvalue weighted by Crippen LogP contribution is -2.53. The second-order valence-corrected chi connectivity index (χ2v) is 3.87. The van der Waals surface area contributed by atoms with Crippen LogP contribution in [0.25, 0.3) is 0 Å². The minimum Gasteiger partial charge on any atom is -0.465 e. The van der Waals surface area contributed by atoms with Gasteiger partial charge in [0.2, 0.25) is 0 Å². The van der Waals surface area contributed by atoms with Crippen molar-refractivity contribution in [2.24, 2.45) is 11.8 Å². The standard InChI is InChI=1S/C8H13N3O3/c9-10-7(12)6-4-1-2-5(3-4)11(6)8(13)14/h4-6H,1-3,9H2,(H,10,12)(H,13,14)/t4-,5+,6-/m0/s1. The molecule has 0 radical (unpaired) electrons. The van der Waals surface area contributed by atoms with Crippen LogP contribution in [0.4, 0.5) is 4.79 Å². The highest BCUT2D eigenvalue weighted by Gasteiger charge is 2.51. The average molecular weight is 199 g/mol. The molecule has 78 valence electrons. The molecule has 0 aromatic rings. The number of hydrogen-bond donors (Lipinski definition) is 3. The van der Waals surface area contributed by atoms with Crippen molar-refractivity contribution in [2.75, 3.05) is 0 Å². The number of likely N-dealkylation sites (tertiary alicyclic amines) is 1. The van der Waals surface area contributed by atoms with E-state index in [9.17, 15) is 9.59 Å². The van der Waals surface area contributed by atoms with E-state index in [-0.39, 0.29) is 17.9 Å². The van der Waals surface area contributed by atoms with Gasteiger partial charge in [-0.2, -0.15) is 0 Å². The van der Waals surface area contributed by atoms with Gasteiger partial charge in [0, 0.05) is 6.04 Å². The van der Waals surface area contributed by atoms with Crippen LogP contribution in [0.3, 0.4) is 0 Å². The number of carboxylic acid groups (broad SMARTS) is 1. The molecule has 2 fully saturated rings. The van der Waals surface area contributed by atoms with Crippen molar-refractivity contribution in [3.8, 4) is 0 Å². The molecule has 14 heavy (non-hydrogen) atoms. The molecule has 0 unspecified atom stereocenters. The first-order valence-electron chi connectivity index (χ1n) is 4.67. The zero-order valence-electron chi connectivity index (χ0n) is 7.64. The van der Waals surface area contributed by atoms with Crippen molar-refractivity contribution >= 4 is 12.0 Å². The zero-order chi connectivity index (χ0) is 10.3. The summed E-state index contributed by atoms with van der Waals surface area (Å²) >= 11 is 0. The van der Waals surface area contributed by atoms with Crippen LogP contribution < -0.4 is 11.3 Å². The summed E-state index contributed by atoms with van der Waals surface area (Å²) < 4.78 is 0.